The molecule has 114 valence electrons. The number of nitrogens with one attached hydrogen (secondary N) is 1. The topological polar surface area (TPSA) is 110 Å². The van der Waals surface area contributed by atoms with Crippen LogP contribution < -0.4 is 11.1 Å². The standard InChI is InChI=1S/C12H14ClN3O4S/c1-7-12(18)15-11(17)6-16(7)21(19,20)10-3-2-8(5-14)4-9(10)13/h2-4,7H,5-6,14H2,1H3,(H,15,17,18). The van der Waals surface area contributed by atoms with Gasteiger partial charge in [-0.25, -0.2) is 8.42 Å². The van der Waals surface area contributed by atoms with Gasteiger partial charge in [-0.15, -0.1) is 0 Å². The van der Waals surface area contributed by atoms with Gasteiger partial charge in [-0.1, -0.05) is 17.7 Å². The first-order valence-electron chi connectivity index (χ1n) is 6.11. The highest BCUT2D eigenvalue weighted by Gasteiger charge is 2.39. The average Bonchev–Trinajstić information content (AvgIpc) is 2.42. The highest BCUT2D eigenvalue weighted by molar-refractivity contribution is 7.89. The summed E-state index contributed by atoms with van der Waals surface area (Å²) in [5, 5.41) is 2.09. The second-order valence-electron chi connectivity index (χ2n) is 4.61. The largest absolute Gasteiger partial charge is 0.326 e. The molecule has 1 atom stereocenters. The van der Waals surface area contributed by atoms with E-state index >= 15 is 0 Å². The smallest absolute Gasteiger partial charge is 0.245 e. The van der Waals surface area contributed by atoms with Gasteiger partial charge in [-0.05, 0) is 24.6 Å². The van der Waals surface area contributed by atoms with Crippen LogP contribution in [0.5, 0.6) is 0 Å². The minimum Gasteiger partial charge on any atom is -0.326 e. The minimum atomic E-state index is -4.05. The van der Waals surface area contributed by atoms with E-state index in [-0.39, 0.29) is 16.5 Å². The number of carbonyl (C=O) groups excluding carboxylic acids is 2. The lowest BCUT2D eigenvalue weighted by Crippen LogP contribution is -2.58. The molecule has 1 aromatic carbocycles. The fourth-order valence-electron chi connectivity index (χ4n) is 1.99. The molecular weight excluding hydrogens is 318 g/mol. The summed E-state index contributed by atoms with van der Waals surface area (Å²) in [5.41, 5.74) is 6.14. The number of hydrogen-bond acceptors (Lipinski definition) is 5. The van der Waals surface area contributed by atoms with Crippen molar-refractivity contribution in [3.05, 3.63) is 28.8 Å². The van der Waals surface area contributed by atoms with E-state index in [1.165, 1.54) is 25.1 Å². The van der Waals surface area contributed by atoms with Crippen LogP contribution >= 0.6 is 11.6 Å². The van der Waals surface area contributed by atoms with Crippen molar-refractivity contribution in [2.75, 3.05) is 6.54 Å². The molecule has 1 aromatic rings. The molecule has 1 heterocycles. The molecule has 1 saturated heterocycles. The number of amides is 2. The van der Waals surface area contributed by atoms with Crippen LogP contribution in [-0.4, -0.2) is 37.1 Å². The quantitative estimate of drug-likeness (QED) is 0.748. The molecule has 0 aromatic heterocycles. The van der Waals surface area contributed by atoms with Crippen molar-refractivity contribution in [1.29, 1.82) is 0 Å². The lowest BCUT2D eigenvalue weighted by atomic mass is 10.2. The predicted octanol–water partition coefficient (Wildman–Crippen LogP) is -0.166. The molecule has 2 amide bonds. The molecule has 1 fully saturated rings. The Hall–Kier alpha value is -1.48. The maximum atomic E-state index is 12.6. The summed E-state index contributed by atoms with van der Waals surface area (Å²) in [5.74, 6) is -1.33. The highest BCUT2D eigenvalue weighted by atomic mass is 35.5. The van der Waals surface area contributed by atoms with Crippen LogP contribution in [0.4, 0.5) is 0 Å². The summed E-state index contributed by atoms with van der Waals surface area (Å²) >= 11 is 5.99. The van der Waals surface area contributed by atoms with E-state index < -0.39 is 34.4 Å². The average molecular weight is 332 g/mol. The summed E-state index contributed by atoms with van der Waals surface area (Å²) in [4.78, 5) is 22.8. The highest BCUT2D eigenvalue weighted by Crippen LogP contribution is 2.27. The molecule has 0 bridgehead atoms. The first-order valence-corrected chi connectivity index (χ1v) is 7.93. The number of nitrogens with two attached hydrogens (primary N) is 1. The van der Waals surface area contributed by atoms with Crippen LogP contribution in [0.15, 0.2) is 23.1 Å². The molecule has 9 heteroatoms. The van der Waals surface area contributed by atoms with Crippen molar-refractivity contribution >= 4 is 33.4 Å². The Balaban J connectivity index is 2.46. The maximum Gasteiger partial charge on any atom is 0.245 e. The van der Waals surface area contributed by atoms with Gasteiger partial charge in [0, 0.05) is 6.54 Å². The zero-order chi connectivity index (χ0) is 15.8. The van der Waals surface area contributed by atoms with E-state index in [1.807, 2.05) is 0 Å². The Kier molecular flexibility index (Phi) is 4.33. The number of rotatable bonds is 3. The molecule has 3 N–H and O–H groups in total. The SMILES string of the molecule is CC1C(=O)NC(=O)CN1S(=O)(=O)c1ccc(CN)cc1Cl. The van der Waals surface area contributed by atoms with Gasteiger partial charge in [0.25, 0.3) is 0 Å². The zero-order valence-electron chi connectivity index (χ0n) is 11.2. The molecule has 21 heavy (non-hydrogen) atoms. The Morgan fingerprint density at radius 1 is 1.43 bits per heavy atom. The van der Waals surface area contributed by atoms with E-state index in [1.54, 1.807) is 0 Å². The number of benzene rings is 1. The lowest BCUT2D eigenvalue weighted by molar-refractivity contribution is -0.136. The van der Waals surface area contributed by atoms with Crippen LogP contribution in [-0.2, 0) is 26.2 Å². The molecule has 0 saturated carbocycles. The maximum absolute atomic E-state index is 12.6. The van der Waals surface area contributed by atoms with Crippen LogP contribution in [0.3, 0.4) is 0 Å². The van der Waals surface area contributed by atoms with E-state index in [0.717, 1.165) is 4.31 Å². The van der Waals surface area contributed by atoms with Gasteiger partial charge in [0.2, 0.25) is 21.8 Å². The van der Waals surface area contributed by atoms with E-state index in [9.17, 15) is 18.0 Å². The number of imide groups is 1. The predicted molar refractivity (Wildman–Crippen MR) is 75.8 cm³/mol. The summed E-state index contributed by atoms with van der Waals surface area (Å²) in [6.07, 6.45) is 0. The van der Waals surface area contributed by atoms with Gasteiger partial charge in [0.05, 0.1) is 11.6 Å². The third-order valence-electron chi connectivity index (χ3n) is 3.19. The molecule has 7 nitrogen and oxygen atoms in total. The number of halogens is 1. The van der Waals surface area contributed by atoms with E-state index in [0.29, 0.717) is 5.56 Å². The second kappa shape index (κ2) is 5.72. The molecule has 0 radical (unpaired) electrons. The zero-order valence-corrected chi connectivity index (χ0v) is 12.7. The fraction of sp³-hybridized carbons (Fsp3) is 0.333. The van der Waals surface area contributed by atoms with Gasteiger partial charge < -0.3 is 5.73 Å². The number of carbonyl (C=O) groups is 2. The van der Waals surface area contributed by atoms with Crippen molar-refractivity contribution in [1.82, 2.24) is 9.62 Å². The van der Waals surface area contributed by atoms with Gasteiger partial charge in [0.1, 0.15) is 10.9 Å². The van der Waals surface area contributed by atoms with Crippen LogP contribution in [0.25, 0.3) is 0 Å². The first-order chi connectivity index (χ1) is 9.77. The van der Waals surface area contributed by atoms with Crippen molar-refractivity contribution in [3.63, 3.8) is 0 Å². The number of hydrogen-bond donors (Lipinski definition) is 2. The van der Waals surface area contributed by atoms with Crippen LogP contribution in [0, 0.1) is 0 Å². The fourth-order valence-corrected chi connectivity index (χ4v) is 4.08. The van der Waals surface area contributed by atoms with Crippen molar-refractivity contribution in [3.8, 4) is 0 Å². The van der Waals surface area contributed by atoms with Crippen molar-refractivity contribution in [2.45, 2.75) is 24.4 Å². The summed E-state index contributed by atoms with van der Waals surface area (Å²) in [6.45, 7) is 1.20. The van der Waals surface area contributed by atoms with Crippen LogP contribution in [0.2, 0.25) is 5.02 Å². The van der Waals surface area contributed by atoms with Crippen molar-refractivity contribution < 1.29 is 18.0 Å². The van der Waals surface area contributed by atoms with Gasteiger partial charge in [-0.3, -0.25) is 14.9 Å². The Bertz CT molecular complexity index is 704. The van der Waals surface area contributed by atoms with Gasteiger partial charge >= 0.3 is 0 Å². The van der Waals surface area contributed by atoms with Crippen LogP contribution in [0.1, 0.15) is 12.5 Å². The monoisotopic (exact) mass is 331 g/mol. The lowest BCUT2D eigenvalue weighted by Gasteiger charge is -2.30. The molecule has 1 aliphatic rings. The minimum absolute atomic E-state index is 0.00332. The number of piperazine rings is 1. The number of nitrogens with zero attached hydrogens (tertiary/aromatic N) is 1. The van der Waals surface area contributed by atoms with Gasteiger partial charge in [0.15, 0.2) is 0 Å². The molecule has 1 aliphatic heterocycles. The normalized spacial score (nSPS) is 20.4. The molecular formula is C12H14ClN3O4S. The Labute approximate surface area is 127 Å². The third-order valence-corrected chi connectivity index (χ3v) is 5.59. The van der Waals surface area contributed by atoms with Crippen molar-refractivity contribution in [2.24, 2.45) is 5.73 Å². The second-order valence-corrected chi connectivity index (χ2v) is 6.87. The summed E-state index contributed by atoms with van der Waals surface area (Å²) in [6, 6.07) is 3.32. The Morgan fingerprint density at radius 3 is 2.67 bits per heavy atom. The summed E-state index contributed by atoms with van der Waals surface area (Å²) in [7, 11) is -4.05. The van der Waals surface area contributed by atoms with E-state index in [2.05, 4.69) is 5.32 Å². The molecule has 2 rings (SSSR count). The van der Waals surface area contributed by atoms with Gasteiger partial charge in [-0.2, -0.15) is 4.31 Å². The molecule has 1 unspecified atom stereocenters. The van der Waals surface area contributed by atoms with E-state index in [4.69, 9.17) is 17.3 Å². The number of sulfonamides is 1. The molecule has 0 aliphatic carbocycles. The Morgan fingerprint density at radius 2 is 2.10 bits per heavy atom. The third kappa shape index (κ3) is 2.93. The molecule has 0 spiro atoms. The summed E-state index contributed by atoms with van der Waals surface area (Å²) < 4.78 is 26.0. The first kappa shape index (κ1) is 15.9.